The number of rotatable bonds is 7. The lowest BCUT2D eigenvalue weighted by atomic mass is 9.76. The molecule has 1 aliphatic rings. The molecular formula is C21H30N2O3. The monoisotopic (exact) mass is 358 g/mol. The average Bonchev–Trinajstić information content (AvgIpc) is 2.65. The number of hydrogen-bond donors (Lipinski definition) is 1. The third-order valence-electron chi connectivity index (χ3n) is 5.19. The molecule has 0 aromatic heterocycles. The van der Waals surface area contributed by atoms with Crippen molar-refractivity contribution in [2.75, 3.05) is 13.1 Å². The molecule has 1 unspecified atom stereocenters. The average molecular weight is 358 g/mol. The van der Waals surface area contributed by atoms with Gasteiger partial charge in [-0.15, -0.1) is 6.58 Å². The fourth-order valence-electron chi connectivity index (χ4n) is 3.68. The summed E-state index contributed by atoms with van der Waals surface area (Å²) in [4.78, 5) is 25.7. The third-order valence-corrected chi connectivity index (χ3v) is 5.19. The predicted octanol–water partition coefficient (Wildman–Crippen LogP) is 3.90. The highest BCUT2D eigenvalue weighted by molar-refractivity contribution is 5.73. The highest BCUT2D eigenvalue weighted by atomic mass is 16.6. The van der Waals surface area contributed by atoms with Crippen LogP contribution in [-0.4, -0.2) is 35.5 Å². The normalized spacial score (nSPS) is 17.2. The zero-order valence-corrected chi connectivity index (χ0v) is 15.9. The van der Waals surface area contributed by atoms with Gasteiger partial charge in [-0.3, -0.25) is 4.79 Å². The predicted molar refractivity (Wildman–Crippen MR) is 103 cm³/mol. The first-order chi connectivity index (χ1) is 12.4. The van der Waals surface area contributed by atoms with Crippen molar-refractivity contribution in [2.24, 2.45) is 5.92 Å². The van der Waals surface area contributed by atoms with Gasteiger partial charge in [0.2, 0.25) is 5.91 Å². The first kappa shape index (κ1) is 20.0. The van der Waals surface area contributed by atoms with Crippen LogP contribution >= 0.6 is 0 Å². The Morgan fingerprint density at radius 3 is 2.54 bits per heavy atom. The molecule has 1 aliphatic heterocycles. The Balaban J connectivity index is 1.86. The number of piperidine rings is 1. The molecule has 142 valence electrons. The number of carbonyl (C=O) groups excluding carboxylic acids is 2. The zero-order valence-electron chi connectivity index (χ0n) is 15.9. The van der Waals surface area contributed by atoms with Crippen molar-refractivity contribution in [1.29, 1.82) is 0 Å². The van der Waals surface area contributed by atoms with Gasteiger partial charge in [0.25, 0.3) is 0 Å². The van der Waals surface area contributed by atoms with Crippen molar-refractivity contribution in [3.8, 4) is 0 Å². The first-order valence-electron chi connectivity index (χ1n) is 9.30. The van der Waals surface area contributed by atoms with E-state index >= 15 is 0 Å². The van der Waals surface area contributed by atoms with E-state index in [2.05, 4.69) is 18.8 Å². The first-order valence-corrected chi connectivity index (χ1v) is 9.30. The number of benzene rings is 1. The molecular weight excluding hydrogens is 328 g/mol. The molecule has 1 heterocycles. The van der Waals surface area contributed by atoms with Crippen LogP contribution in [-0.2, 0) is 16.1 Å². The van der Waals surface area contributed by atoms with E-state index in [-0.39, 0.29) is 17.5 Å². The molecule has 1 fully saturated rings. The maximum atomic E-state index is 12.3. The fourth-order valence-corrected chi connectivity index (χ4v) is 3.68. The second kappa shape index (κ2) is 9.41. The maximum Gasteiger partial charge on any atom is 0.410 e. The van der Waals surface area contributed by atoms with Crippen LogP contribution in [0.4, 0.5) is 4.79 Å². The van der Waals surface area contributed by atoms with Crippen LogP contribution in [0.1, 0.15) is 45.1 Å². The van der Waals surface area contributed by atoms with Crippen LogP contribution in [0.3, 0.4) is 0 Å². The van der Waals surface area contributed by atoms with Gasteiger partial charge in [0, 0.05) is 25.6 Å². The Morgan fingerprint density at radius 2 is 1.96 bits per heavy atom. The molecule has 1 aromatic rings. The van der Waals surface area contributed by atoms with Gasteiger partial charge in [-0.25, -0.2) is 4.79 Å². The van der Waals surface area contributed by atoms with Gasteiger partial charge in [-0.2, -0.15) is 0 Å². The van der Waals surface area contributed by atoms with Crippen molar-refractivity contribution in [2.45, 2.75) is 51.7 Å². The number of hydrogen-bond acceptors (Lipinski definition) is 3. The number of likely N-dealkylation sites (tertiary alicyclic amines) is 1. The van der Waals surface area contributed by atoms with E-state index in [9.17, 15) is 9.59 Å². The Bertz CT molecular complexity index is 609. The lowest BCUT2D eigenvalue weighted by Crippen LogP contribution is -2.54. The number of amides is 2. The van der Waals surface area contributed by atoms with E-state index in [1.54, 1.807) is 11.8 Å². The Kier molecular flexibility index (Phi) is 7.25. The summed E-state index contributed by atoms with van der Waals surface area (Å²) in [7, 11) is 0. The highest BCUT2D eigenvalue weighted by Gasteiger charge is 2.37. The summed E-state index contributed by atoms with van der Waals surface area (Å²) < 4.78 is 5.42. The van der Waals surface area contributed by atoms with Crippen LogP contribution in [0.5, 0.6) is 0 Å². The number of nitrogens with one attached hydrogen (secondary N) is 1. The zero-order chi connectivity index (χ0) is 19.0. The summed E-state index contributed by atoms with van der Waals surface area (Å²) in [5.41, 5.74) is 0.721. The van der Waals surface area contributed by atoms with Crippen molar-refractivity contribution in [1.82, 2.24) is 10.2 Å². The van der Waals surface area contributed by atoms with Crippen molar-refractivity contribution in [3.63, 3.8) is 0 Å². The van der Waals surface area contributed by atoms with Gasteiger partial charge in [-0.1, -0.05) is 36.4 Å². The summed E-state index contributed by atoms with van der Waals surface area (Å²) in [6.07, 6.45) is 5.05. The number of allylic oxidation sites excluding steroid dienone is 1. The topological polar surface area (TPSA) is 58.6 Å². The van der Waals surface area contributed by atoms with Crippen LogP contribution in [0.2, 0.25) is 0 Å². The molecule has 0 spiro atoms. The molecule has 0 saturated carbocycles. The minimum absolute atomic E-state index is 0.0127. The Labute approximate surface area is 156 Å². The standard InChI is InChI=1S/C21H30N2O3/c1-4-5-13-21(3,22-17(2)24)19-11-14-23(15-12-19)20(25)26-16-18-9-7-6-8-10-18/h4,6-10,19H,1,5,11-16H2,2-3H3,(H,22,24). The van der Waals surface area contributed by atoms with Gasteiger partial charge in [0.1, 0.15) is 6.61 Å². The molecule has 5 heteroatoms. The van der Waals surface area contributed by atoms with E-state index in [0.29, 0.717) is 25.6 Å². The molecule has 26 heavy (non-hydrogen) atoms. The van der Waals surface area contributed by atoms with Crippen LogP contribution in [0.25, 0.3) is 0 Å². The number of nitrogens with zero attached hydrogens (tertiary/aromatic N) is 1. The molecule has 1 aromatic carbocycles. The lowest BCUT2D eigenvalue weighted by Gasteiger charge is -2.43. The molecule has 1 atom stereocenters. The smallest absolute Gasteiger partial charge is 0.410 e. The third kappa shape index (κ3) is 5.61. The number of carbonyl (C=O) groups is 2. The summed E-state index contributed by atoms with van der Waals surface area (Å²) >= 11 is 0. The molecule has 2 rings (SSSR count). The fraction of sp³-hybridized carbons (Fsp3) is 0.524. The minimum Gasteiger partial charge on any atom is -0.445 e. The molecule has 0 aliphatic carbocycles. The molecule has 5 nitrogen and oxygen atoms in total. The largest absolute Gasteiger partial charge is 0.445 e. The van der Waals surface area contributed by atoms with Crippen molar-refractivity contribution in [3.05, 3.63) is 48.6 Å². The van der Waals surface area contributed by atoms with Gasteiger partial charge in [-0.05, 0) is 44.1 Å². The van der Waals surface area contributed by atoms with Gasteiger partial charge in [0.05, 0.1) is 0 Å². The Hall–Kier alpha value is -2.30. The van der Waals surface area contributed by atoms with E-state index in [4.69, 9.17) is 4.74 Å². The lowest BCUT2D eigenvalue weighted by molar-refractivity contribution is -0.121. The van der Waals surface area contributed by atoms with Gasteiger partial charge in [0.15, 0.2) is 0 Å². The summed E-state index contributed by atoms with van der Waals surface area (Å²) in [5.74, 6) is 0.325. The summed E-state index contributed by atoms with van der Waals surface area (Å²) in [6, 6.07) is 9.69. The molecule has 1 N–H and O–H groups in total. The van der Waals surface area contributed by atoms with Crippen LogP contribution in [0, 0.1) is 5.92 Å². The molecule has 0 radical (unpaired) electrons. The van der Waals surface area contributed by atoms with E-state index in [1.165, 1.54) is 0 Å². The molecule has 1 saturated heterocycles. The summed E-state index contributed by atoms with van der Waals surface area (Å²) in [6.45, 7) is 9.05. The minimum atomic E-state index is -0.264. The van der Waals surface area contributed by atoms with Crippen LogP contribution < -0.4 is 5.32 Å². The second-order valence-corrected chi connectivity index (χ2v) is 7.23. The van der Waals surface area contributed by atoms with Crippen molar-refractivity contribution >= 4 is 12.0 Å². The van der Waals surface area contributed by atoms with Gasteiger partial charge < -0.3 is 15.0 Å². The molecule has 0 bridgehead atoms. The van der Waals surface area contributed by atoms with E-state index in [0.717, 1.165) is 31.2 Å². The van der Waals surface area contributed by atoms with Crippen LogP contribution in [0.15, 0.2) is 43.0 Å². The van der Waals surface area contributed by atoms with Gasteiger partial charge >= 0.3 is 6.09 Å². The van der Waals surface area contributed by atoms with E-state index < -0.39 is 0 Å². The summed E-state index contributed by atoms with van der Waals surface area (Å²) in [5, 5.41) is 3.13. The SMILES string of the molecule is C=CCCC(C)(NC(C)=O)C1CCN(C(=O)OCc2ccccc2)CC1. The second-order valence-electron chi connectivity index (χ2n) is 7.23. The molecule has 2 amide bonds. The number of ether oxygens (including phenoxy) is 1. The Morgan fingerprint density at radius 1 is 1.31 bits per heavy atom. The van der Waals surface area contributed by atoms with Crippen molar-refractivity contribution < 1.29 is 14.3 Å². The quantitative estimate of drug-likeness (QED) is 0.752. The maximum absolute atomic E-state index is 12.3. The van der Waals surface area contributed by atoms with E-state index in [1.807, 2.05) is 36.4 Å². The highest BCUT2D eigenvalue weighted by Crippen LogP contribution is 2.32.